The molecule has 2 atom stereocenters. The first-order valence-electron chi connectivity index (χ1n) is 10.2. The van der Waals surface area contributed by atoms with Crippen LogP contribution in [0.15, 0.2) is 35.5 Å². The zero-order chi connectivity index (χ0) is 21.7. The maximum Gasteiger partial charge on any atom is 0.306 e. The predicted molar refractivity (Wildman–Crippen MR) is 110 cm³/mol. The van der Waals surface area contributed by atoms with E-state index in [1.807, 2.05) is 51.1 Å². The van der Waals surface area contributed by atoms with Crippen molar-refractivity contribution in [2.45, 2.75) is 77.9 Å². The SMILES string of the molecule is CCCC(=O)OCC(OC(=O)CCC)C(C)(OC(CCC)=NO)c1ccccc1. The largest absolute Gasteiger partial charge is 0.463 e. The number of carbonyl (C=O) groups excluding carboxylic acids is 2. The van der Waals surface area contributed by atoms with Crippen LogP contribution in [-0.2, 0) is 29.4 Å². The molecule has 0 spiro atoms. The van der Waals surface area contributed by atoms with Crippen LogP contribution >= 0.6 is 0 Å². The first kappa shape index (κ1) is 24.5. The lowest BCUT2D eigenvalue weighted by Gasteiger charge is -2.37. The number of nitrogens with zero attached hydrogens (tertiary/aromatic N) is 1. The van der Waals surface area contributed by atoms with Crippen LogP contribution in [0.25, 0.3) is 0 Å². The van der Waals surface area contributed by atoms with Gasteiger partial charge in [0.2, 0.25) is 5.90 Å². The number of hydrogen-bond donors (Lipinski definition) is 1. The van der Waals surface area contributed by atoms with Crippen molar-refractivity contribution in [3.63, 3.8) is 0 Å². The summed E-state index contributed by atoms with van der Waals surface area (Å²) in [7, 11) is 0. The van der Waals surface area contributed by atoms with E-state index in [0.29, 0.717) is 31.2 Å². The van der Waals surface area contributed by atoms with Crippen molar-refractivity contribution in [3.05, 3.63) is 35.9 Å². The van der Waals surface area contributed by atoms with Crippen LogP contribution in [0.3, 0.4) is 0 Å². The van der Waals surface area contributed by atoms with Crippen LogP contribution in [0.2, 0.25) is 0 Å². The summed E-state index contributed by atoms with van der Waals surface area (Å²) in [5.74, 6) is -0.660. The maximum atomic E-state index is 12.3. The molecular formula is C22H33NO6. The molecule has 0 bridgehead atoms. The molecule has 0 heterocycles. The second-order valence-corrected chi connectivity index (χ2v) is 6.98. The predicted octanol–water partition coefficient (Wildman–Crippen LogP) is 4.56. The van der Waals surface area contributed by atoms with E-state index in [9.17, 15) is 14.8 Å². The second-order valence-electron chi connectivity index (χ2n) is 6.98. The number of ether oxygens (including phenoxy) is 3. The number of hydrogen-bond acceptors (Lipinski definition) is 7. The molecule has 0 aliphatic rings. The van der Waals surface area contributed by atoms with Crippen molar-refractivity contribution in [3.8, 4) is 0 Å². The lowest BCUT2D eigenvalue weighted by molar-refractivity contribution is -0.176. The third-order valence-corrected chi connectivity index (χ3v) is 4.44. The van der Waals surface area contributed by atoms with Gasteiger partial charge >= 0.3 is 11.9 Å². The minimum atomic E-state index is -1.21. The van der Waals surface area contributed by atoms with Crippen molar-refractivity contribution in [1.29, 1.82) is 0 Å². The van der Waals surface area contributed by atoms with Gasteiger partial charge in [-0.15, -0.1) is 0 Å². The fourth-order valence-electron chi connectivity index (χ4n) is 2.83. The van der Waals surface area contributed by atoms with Crippen molar-refractivity contribution in [2.75, 3.05) is 6.61 Å². The highest BCUT2D eigenvalue weighted by molar-refractivity contribution is 5.76. The van der Waals surface area contributed by atoms with Gasteiger partial charge in [-0.1, -0.05) is 56.3 Å². The third kappa shape index (κ3) is 7.75. The molecule has 162 valence electrons. The molecule has 29 heavy (non-hydrogen) atoms. The summed E-state index contributed by atoms with van der Waals surface area (Å²) in [5, 5.41) is 12.6. The Labute approximate surface area is 173 Å². The van der Waals surface area contributed by atoms with Crippen LogP contribution in [0.4, 0.5) is 0 Å². The molecule has 0 fully saturated rings. The highest BCUT2D eigenvalue weighted by atomic mass is 16.6. The summed E-state index contributed by atoms with van der Waals surface area (Å²) in [6.45, 7) is 7.26. The molecule has 0 amide bonds. The van der Waals surface area contributed by atoms with Gasteiger partial charge < -0.3 is 19.4 Å². The fourth-order valence-corrected chi connectivity index (χ4v) is 2.83. The topological polar surface area (TPSA) is 94.4 Å². The molecule has 0 radical (unpaired) electrons. The van der Waals surface area contributed by atoms with Gasteiger partial charge in [0.25, 0.3) is 0 Å². The quantitative estimate of drug-likeness (QED) is 0.179. The van der Waals surface area contributed by atoms with E-state index >= 15 is 0 Å². The summed E-state index contributed by atoms with van der Waals surface area (Å²) >= 11 is 0. The number of esters is 2. The highest BCUT2D eigenvalue weighted by Gasteiger charge is 2.43. The molecular weight excluding hydrogens is 374 g/mol. The Hall–Kier alpha value is -2.57. The Morgan fingerprint density at radius 3 is 2.14 bits per heavy atom. The molecule has 0 aliphatic carbocycles. The van der Waals surface area contributed by atoms with Crippen molar-refractivity contribution >= 4 is 17.8 Å². The van der Waals surface area contributed by atoms with Crippen LogP contribution in [0.5, 0.6) is 0 Å². The molecule has 7 nitrogen and oxygen atoms in total. The summed E-state index contributed by atoms with van der Waals surface area (Å²) in [4.78, 5) is 24.2. The number of oxime groups is 1. The third-order valence-electron chi connectivity index (χ3n) is 4.44. The summed E-state index contributed by atoms with van der Waals surface area (Å²) < 4.78 is 17.1. The van der Waals surface area contributed by atoms with E-state index in [4.69, 9.17) is 14.2 Å². The van der Waals surface area contributed by atoms with E-state index in [2.05, 4.69) is 5.16 Å². The summed E-state index contributed by atoms with van der Waals surface area (Å²) in [6.07, 6.45) is 1.99. The Morgan fingerprint density at radius 1 is 1.00 bits per heavy atom. The van der Waals surface area contributed by atoms with Crippen LogP contribution in [-0.4, -0.2) is 35.8 Å². The van der Waals surface area contributed by atoms with E-state index in [0.717, 1.165) is 0 Å². The number of rotatable bonds is 12. The molecule has 1 N–H and O–H groups in total. The Morgan fingerprint density at radius 2 is 1.59 bits per heavy atom. The molecule has 0 aromatic heterocycles. The van der Waals surface area contributed by atoms with Gasteiger partial charge in [0.15, 0.2) is 11.7 Å². The molecule has 0 saturated heterocycles. The summed E-state index contributed by atoms with van der Waals surface area (Å²) in [6, 6.07) is 9.18. The Bertz CT molecular complexity index is 661. The van der Waals surface area contributed by atoms with Gasteiger partial charge in [-0.3, -0.25) is 9.59 Å². The first-order chi connectivity index (χ1) is 13.9. The Kier molecular flexibility index (Phi) is 10.8. The molecule has 7 heteroatoms. The van der Waals surface area contributed by atoms with Crippen LogP contribution in [0.1, 0.15) is 71.8 Å². The van der Waals surface area contributed by atoms with Crippen molar-refractivity contribution < 1.29 is 29.0 Å². The van der Waals surface area contributed by atoms with Crippen LogP contribution < -0.4 is 0 Å². The van der Waals surface area contributed by atoms with E-state index < -0.39 is 17.7 Å². The van der Waals surface area contributed by atoms with Gasteiger partial charge in [0, 0.05) is 19.3 Å². The van der Waals surface area contributed by atoms with Gasteiger partial charge in [-0.25, -0.2) is 0 Å². The maximum absolute atomic E-state index is 12.3. The number of carbonyl (C=O) groups is 2. The Balaban J connectivity index is 3.28. The van der Waals surface area contributed by atoms with E-state index in [1.54, 1.807) is 6.92 Å². The fraction of sp³-hybridized carbons (Fsp3) is 0.591. The summed E-state index contributed by atoms with van der Waals surface area (Å²) in [5.41, 5.74) is -0.508. The molecule has 0 aliphatic heterocycles. The normalized spacial score (nSPS) is 14.6. The minimum absolute atomic E-state index is 0.121. The van der Waals surface area contributed by atoms with Gasteiger partial charge in [0.1, 0.15) is 6.61 Å². The standard InChI is InChI=1S/C22H33NO6/c1-5-11-19(23-26)29-22(4,17-14-9-8-10-15-17)18(28-21(25)13-7-3)16-27-20(24)12-6-2/h8-10,14-15,18,26H,5-7,11-13,16H2,1-4H3. The first-order valence-corrected chi connectivity index (χ1v) is 10.2. The zero-order valence-electron chi connectivity index (χ0n) is 17.8. The van der Waals surface area contributed by atoms with Gasteiger partial charge in [0.05, 0.1) is 0 Å². The molecule has 1 rings (SSSR count). The number of benzene rings is 1. The average Bonchev–Trinajstić information content (AvgIpc) is 2.71. The lowest BCUT2D eigenvalue weighted by Crippen LogP contribution is -2.47. The highest BCUT2D eigenvalue weighted by Crippen LogP contribution is 2.33. The molecule has 1 aromatic carbocycles. The van der Waals surface area contributed by atoms with Crippen molar-refractivity contribution in [2.24, 2.45) is 5.16 Å². The monoisotopic (exact) mass is 407 g/mol. The van der Waals surface area contributed by atoms with E-state index in [-0.39, 0.29) is 31.3 Å². The molecule has 0 saturated carbocycles. The molecule has 1 aromatic rings. The van der Waals surface area contributed by atoms with Gasteiger partial charge in [-0.05, 0) is 31.7 Å². The molecule has 2 unspecified atom stereocenters. The van der Waals surface area contributed by atoms with E-state index in [1.165, 1.54) is 0 Å². The smallest absolute Gasteiger partial charge is 0.306 e. The van der Waals surface area contributed by atoms with Gasteiger partial charge in [-0.2, -0.15) is 0 Å². The minimum Gasteiger partial charge on any atom is -0.463 e. The zero-order valence-corrected chi connectivity index (χ0v) is 17.8. The second kappa shape index (κ2) is 12.8. The average molecular weight is 408 g/mol. The lowest BCUT2D eigenvalue weighted by atomic mass is 9.89. The van der Waals surface area contributed by atoms with Crippen molar-refractivity contribution in [1.82, 2.24) is 0 Å². The van der Waals surface area contributed by atoms with Crippen LogP contribution in [0, 0.1) is 0 Å².